The van der Waals surface area contributed by atoms with Crippen LogP contribution in [0.1, 0.15) is 104 Å². The van der Waals surface area contributed by atoms with Crippen LogP contribution in [-0.4, -0.2) is 160 Å². The summed E-state index contributed by atoms with van der Waals surface area (Å²) in [5.41, 5.74) is 0.265. The number of carbonyl (C=O) groups is 6. The Kier molecular flexibility index (Phi) is 11.2. The Balaban J connectivity index is 0.000000131. The molecule has 0 amide bonds. The first-order valence-electron chi connectivity index (χ1n) is 20.6. The minimum Gasteiger partial charge on any atom is -0.290 e. The second-order valence-electron chi connectivity index (χ2n) is 15.1. The van der Waals surface area contributed by atoms with Gasteiger partial charge in [0.2, 0.25) is 51.7 Å². The highest BCUT2D eigenvalue weighted by atomic mass is 16.2. The van der Waals surface area contributed by atoms with Gasteiger partial charge >= 0.3 is 0 Å². The molecule has 3 aliphatic carbocycles. The average molecular weight is 775 g/mol. The maximum Gasteiger partial charge on any atom is 0.206 e. The first-order chi connectivity index (χ1) is 27.5. The standard InChI is InChI=1S/3C15H18N2O2/c3*1-3-16-9-10-17(4-2)15(16)13(18)11-7-5-6-8-12(11)14(15)19/h3*5-8H,3-4,9-10H2,1-2H3. The van der Waals surface area contributed by atoms with E-state index < -0.39 is 17.0 Å². The number of Topliss-reactive ketones (excluding diaryl/α,β-unsaturated/α-hetero) is 6. The summed E-state index contributed by atoms with van der Waals surface area (Å²) in [4.78, 5) is 89.3. The van der Waals surface area contributed by atoms with E-state index in [-0.39, 0.29) is 34.7 Å². The van der Waals surface area contributed by atoms with Crippen molar-refractivity contribution >= 4 is 34.7 Å². The van der Waals surface area contributed by atoms with Gasteiger partial charge in [0.15, 0.2) is 0 Å². The van der Waals surface area contributed by atoms with Crippen LogP contribution < -0.4 is 0 Å². The Morgan fingerprint density at radius 3 is 0.579 bits per heavy atom. The van der Waals surface area contributed by atoms with Crippen LogP contribution in [0.15, 0.2) is 72.8 Å². The molecule has 0 bridgehead atoms. The van der Waals surface area contributed by atoms with Crippen molar-refractivity contribution in [3.63, 3.8) is 0 Å². The Hall–Kier alpha value is -4.56. The number of benzene rings is 3. The number of hydrogen-bond acceptors (Lipinski definition) is 12. The monoisotopic (exact) mass is 774 g/mol. The first kappa shape index (κ1) is 40.6. The molecule has 12 heteroatoms. The van der Waals surface area contributed by atoms with Gasteiger partial charge in [-0.2, -0.15) is 0 Å². The number of hydrogen-bond donors (Lipinski definition) is 0. The summed E-state index contributed by atoms with van der Waals surface area (Å²) in [7, 11) is 0. The van der Waals surface area contributed by atoms with Gasteiger partial charge in [-0.15, -0.1) is 0 Å². The Morgan fingerprint density at radius 2 is 0.456 bits per heavy atom. The normalized spacial score (nSPS) is 22.4. The van der Waals surface area contributed by atoms with Gasteiger partial charge in [0, 0.05) is 72.6 Å². The lowest BCUT2D eigenvalue weighted by Crippen LogP contribution is -2.61. The molecule has 9 rings (SSSR count). The van der Waals surface area contributed by atoms with Crippen molar-refractivity contribution < 1.29 is 28.8 Å². The summed E-state index contributed by atoms with van der Waals surface area (Å²) in [6.45, 7) is 20.9. The molecule has 3 aliphatic heterocycles. The molecule has 57 heavy (non-hydrogen) atoms. The smallest absolute Gasteiger partial charge is 0.206 e. The molecule has 0 aromatic heterocycles. The summed E-state index contributed by atoms with van der Waals surface area (Å²) in [6, 6.07) is 21.6. The number of fused-ring (bicyclic) bond motifs is 3. The zero-order valence-electron chi connectivity index (χ0n) is 34.0. The lowest BCUT2D eigenvalue weighted by atomic mass is 10.0. The zero-order chi connectivity index (χ0) is 40.9. The average Bonchev–Trinajstić information content (AvgIpc) is 4.07. The molecule has 0 saturated carbocycles. The Labute approximate surface area is 335 Å². The van der Waals surface area contributed by atoms with Crippen molar-refractivity contribution in [1.82, 2.24) is 29.4 Å². The fraction of sp³-hybridized carbons (Fsp3) is 0.467. The van der Waals surface area contributed by atoms with Gasteiger partial charge in [0.1, 0.15) is 0 Å². The van der Waals surface area contributed by atoms with Crippen LogP contribution in [0.2, 0.25) is 0 Å². The molecule has 6 aliphatic rings. The number of likely N-dealkylation sites (N-methyl/N-ethyl adjacent to an activating group) is 6. The minimum atomic E-state index is -1.06. The third kappa shape index (κ3) is 5.48. The van der Waals surface area contributed by atoms with Gasteiger partial charge in [-0.05, 0) is 39.3 Å². The highest BCUT2D eigenvalue weighted by molar-refractivity contribution is 6.34. The van der Waals surface area contributed by atoms with Gasteiger partial charge in [-0.25, -0.2) is 0 Å². The zero-order valence-corrected chi connectivity index (χ0v) is 34.0. The Bertz CT molecular complexity index is 1750. The van der Waals surface area contributed by atoms with Crippen molar-refractivity contribution in [2.24, 2.45) is 0 Å². The largest absolute Gasteiger partial charge is 0.290 e. The highest BCUT2D eigenvalue weighted by Crippen LogP contribution is 2.42. The molecule has 0 N–H and O–H groups in total. The van der Waals surface area contributed by atoms with Crippen molar-refractivity contribution in [2.45, 2.75) is 58.5 Å². The van der Waals surface area contributed by atoms with Crippen LogP contribution in [0.4, 0.5) is 0 Å². The van der Waals surface area contributed by atoms with Crippen LogP contribution in [0.5, 0.6) is 0 Å². The van der Waals surface area contributed by atoms with E-state index in [0.717, 1.165) is 39.3 Å². The maximum absolute atomic E-state index is 12.9. The molecule has 3 heterocycles. The molecule has 0 unspecified atom stereocenters. The molecule has 3 aromatic carbocycles. The fourth-order valence-electron chi connectivity index (χ4n) is 10.4. The number of ketones is 6. The van der Waals surface area contributed by atoms with E-state index in [4.69, 9.17) is 0 Å². The fourth-order valence-corrected chi connectivity index (χ4v) is 10.4. The quantitative estimate of drug-likeness (QED) is 0.333. The highest BCUT2D eigenvalue weighted by Gasteiger charge is 2.64. The summed E-state index contributed by atoms with van der Waals surface area (Å²) in [5.74, 6) is -0.282. The molecule has 3 aromatic rings. The van der Waals surface area contributed by atoms with E-state index in [2.05, 4.69) is 0 Å². The van der Waals surface area contributed by atoms with Crippen LogP contribution in [0.3, 0.4) is 0 Å². The predicted octanol–water partition coefficient (Wildman–Crippen LogP) is 4.26. The van der Waals surface area contributed by atoms with Gasteiger partial charge in [-0.1, -0.05) is 114 Å². The predicted molar refractivity (Wildman–Crippen MR) is 217 cm³/mol. The molecule has 3 fully saturated rings. The van der Waals surface area contributed by atoms with Gasteiger partial charge in [0.05, 0.1) is 0 Å². The number of carbonyl (C=O) groups excluding carboxylic acids is 6. The third-order valence-corrected chi connectivity index (χ3v) is 13.1. The lowest BCUT2D eigenvalue weighted by molar-refractivity contribution is 0.0254. The summed E-state index contributed by atoms with van der Waals surface area (Å²) < 4.78 is 0. The van der Waals surface area contributed by atoms with E-state index in [9.17, 15) is 28.8 Å². The SMILES string of the molecule is CCN1CCN(CC)C12C(=O)c1ccccc1C2=O.CCN1CCN(CC)C12C(=O)c1ccccc1C2=O.CCN1CCN(CC)C12C(=O)c1ccccc1C2=O. The van der Waals surface area contributed by atoms with Crippen LogP contribution >= 0.6 is 0 Å². The summed E-state index contributed by atoms with van der Waals surface area (Å²) in [5, 5.41) is 0. The van der Waals surface area contributed by atoms with Crippen LogP contribution in [0, 0.1) is 0 Å². The second kappa shape index (κ2) is 15.7. The van der Waals surface area contributed by atoms with E-state index in [0.29, 0.717) is 72.6 Å². The molecule has 300 valence electrons. The lowest BCUT2D eigenvalue weighted by Gasteiger charge is -2.36. The second-order valence-corrected chi connectivity index (χ2v) is 15.1. The molecular formula is C45H54N6O6. The van der Waals surface area contributed by atoms with Crippen molar-refractivity contribution in [3.8, 4) is 0 Å². The molecular weight excluding hydrogens is 721 g/mol. The number of nitrogens with zero attached hydrogens (tertiary/aromatic N) is 6. The van der Waals surface area contributed by atoms with Gasteiger partial charge in [-0.3, -0.25) is 58.2 Å². The topological polar surface area (TPSA) is 122 Å². The molecule has 3 spiro atoms. The third-order valence-electron chi connectivity index (χ3n) is 13.1. The van der Waals surface area contributed by atoms with E-state index >= 15 is 0 Å². The van der Waals surface area contributed by atoms with E-state index in [1.165, 1.54) is 0 Å². The maximum atomic E-state index is 12.9. The Morgan fingerprint density at radius 1 is 0.316 bits per heavy atom. The van der Waals surface area contributed by atoms with Gasteiger partial charge < -0.3 is 0 Å². The van der Waals surface area contributed by atoms with Crippen molar-refractivity contribution in [3.05, 3.63) is 106 Å². The van der Waals surface area contributed by atoms with Crippen LogP contribution in [-0.2, 0) is 0 Å². The van der Waals surface area contributed by atoms with E-state index in [1.807, 2.05) is 107 Å². The molecule has 0 atom stereocenters. The van der Waals surface area contributed by atoms with Crippen LogP contribution in [0.25, 0.3) is 0 Å². The van der Waals surface area contributed by atoms with Gasteiger partial charge in [0.25, 0.3) is 0 Å². The molecule has 12 nitrogen and oxygen atoms in total. The summed E-state index contributed by atoms with van der Waals surface area (Å²) in [6.07, 6.45) is 0. The number of rotatable bonds is 6. The van der Waals surface area contributed by atoms with Crippen molar-refractivity contribution in [2.75, 3.05) is 78.5 Å². The van der Waals surface area contributed by atoms with E-state index in [1.54, 1.807) is 36.4 Å². The van der Waals surface area contributed by atoms with Crippen molar-refractivity contribution in [1.29, 1.82) is 0 Å². The summed E-state index contributed by atoms with van der Waals surface area (Å²) >= 11 is 0. The minimum absolute atomic E-state index is 0.0469. The first-order valence-corrected chi connectivity index (χ1v) is 20.6. The molecule has 3 saturated heterocycles. The molecule has 0 radical (unpaired) electrons.